The molecule has 2 heterocycles. The van der Waals surface area contributed by atoms with Crippen LogP contribution in [0.3, 0.4) is 0 Å². The third-order valence-corrected chi connectivity index (χ3v) is 8.87. The van der Waals surface area contributed by atoms with E-state index >= 15 is 0 Å². The number of benzene rings is 2. The van der Waals surface area contributed by atoms with Crippen molar-refractivity contribution >= 4 is 17.6 Å². The van der Waals surface area contributed by atoms with Crippen molar-refractivity contribution in [1.29, 1.82) is 0 Å². The molecule has 0 unspecified atom stereocenters. The third kappa shape index (κ3) is 7.19. The lowest BCUT2D eigenvalue weighted by atomic mass is 9.79. The van der Waals surface area contributed by atoms with Crippen molar-refractivity contribution in [3.63, 3.8) is 0 Å². The molecule has 1 saturated carbocycles. The molecule has 3 atom stereocenters. The van der Waals surface area contributed by atoms with E-state index in [2.05, 4.69) is 20.3 Å². The van der Waals surface area contributed by atoms with Crippen LogP contribution < -0.4 is 9.80 Å². The summed E-state index contributed by atoms with van der Waals surface area (Å²) in [5.41, 5.74) is 0.644. The Hall–Kier alpha value is -3.84. The molecule has 45 heavy (non-hydrogen) atoms. The van der Waals surface area contributed by atoms with Crippen molar-refractivity contribution in [2.24, 2.45) is 18.9 Å². The number of aromatic nitrogens is 4. The molecule has 1 aliphatic heterocycles. The summed E-state index contributed by atoms with van der Waals surface area (Å²) < 4.78 is 82.5. The molecule has 8 nitrogen and oxygen atoms in total. The largest absolute Gasteiger partial charge is 0.481 e. The number of carbonyl (C=O) groups is 1. The SMILES string of the molecule is Cc1cc(C)c2c(c1)[C@@H](N(Cc1cc(C(F)(F)F)cc(C(F)(F)F)c1)c1nnn(C)n1)CCCN2C[C@@H]1CCCC[C@H]1C(=O)O. The van der Waals surface area contributed by atoms with Crippen LogP contribution in [0.4, 0.5) is 38.0 Å². The number of carboxylic acid groups (broad SMARTS) is 1. The zero-order valence-electron chi connectivity index (χ0n) is 25.3. The molecule has 0 bridgehead atoms. The lowest BCUT2D eigenvalue weighted by molar-refractivity contribution is -0.145. The Kier molecular flexibility index (Phi) is 9.05. The molecule has 5 rings (SSSR count). The first kappa shape index (κ1) is 32.6. The molecule has 1 aromatic heterocycles. The van der Waals surface area contributed by atoms with Crippen molar-refractivity contribution in [3.05, 3.63) is 63.7 Å². The van der Waals surface area contributed by atoms with Gasteiger partial charge in [0, 0.05) is 25.3 Å². The van der Waals surface area contributed by atoms with Crippen molar-refractivity contribution in [2.45, 2.75) is 77.3 Å². The van der Waals surface area contributed by atoms with Gasteiger partial charge in [-0.15, -0.1) is 5.10 Å². The Labute approximate surface area is 257 Å². The maximum Gasteiger partial charge on any atom is 0.416 e. The van der Waals surface area contributed by atoms with Crippen molar-refractivity contribution < 1.29 is 36.2 Å². The highest BCUT2D eigenvalue weighted by Crippen LogP contribution is 2.43. The zero-order chi connectivity index (χ0) is 32.7. The van der Waals surface area contributed by atoms with Crippen LogP contribution in [0.5, 0.6) is 0 Å². The van der Waals surface area contributed by atoms with E-state index in [-0.39, 0.29) is 30.0 Å². The first-order valence-electron chi connectivity index (χ1n) is 15.0. The van der Waals surface area contributed by atoms with Gasteiger partial charge in [-0.2, -0.15) is 31.1 Å². The molecule has 244 valence electrons. The monoisotopic (exact) mass is 638 g/mol. The van der Waals surface area contributed by atoms with E-state index in [1.807, 2.05) is 26.0 Å². The number of tetrazole rings is 1. The molecule has 2 aliphatic rings. The zero-order valence-corrected chi connectivity index (χ0v) is 25.3. The number of aliphatic carboxylic acids is 1. The molecule has 0 radical (unpaired) electrons. The molecule has 0 spiro atoms. The van der Waals surface area contributed by atoms with Gasteiger partial charge in [-0.3, -0.25) is 4.79 Å². The number of hydrogen-bond acceptors (Lipinski definition) is 6. The summed E-state index contributed by atoms with van der Waals surface area (Å²) in [6.45, 7) is 4.70. The molecule has 2 aromatic carbocycles. The van der Waals surface area contributed by atoms with Gasteiger partial charge < -0.3 is 14.9 Å². The number of anilines is 2. The predicted octanol–water partition coefficient (Wildman–Crippen LogP) is 7.10. The van der Waals surface area contributed by atoms with Crippen LogP contribution in [0.25, 0.3) is 0 Å². The van der Waals surface area contributed by atoms with Gasteiger partial charge in [0.15, 0.2) is 0 Å². The van der Waals surface area contributed by atoms with Gasteiger partial charge in [-0.1, -0.05) is 35.6 Å². The standard InChI is InChI=1S/C31H36F6N6O2/c1-18-11-19(2)27-25(12-18)26(9-6-10-42(27)17-21-7-4-5-8-24(21)28(44)45)43(29-38-40-41(3)39-29)16-20-13-22(30(32,33)34)15-23(14-20)31(35,36)37/h11-15,21,24,26H,4-10,16-17H2,1-3H3,(H,44,45)/t21-,24+,26-/m0/s1. The number of halogens is 6. The second-order valence-electron chi connectivity index (χ2n) is 12.2. The first-order valence-corrected chi connectivity index (χ1v) is 15.0. The summed E-state index contributed by atoms with van der Waals surface area (Å²) in [6.07, 6.45) is -5.59. The van der Waals surface area contributed by atoms with Gasteiger partial charge >= 0.3 is 18.3 Å². The van der Waals surface area contributed by atoms with E-state index in [0.717, 1.165) is 53.8 Å². The van der Waals surface area contributed by atoms with Crippen LogP contribution in [0, 0.1) is 25.7 Å². The average Bonchev–Trinajstić information content (AvgIpc) is 3.30. The highest BCUT2D eigenvalue weighted by Gasteiger charge is 2.39. The van der Waals surface area contributed by atoms with Crippen LogP contribution in [-0.4, -0.2) is 44.4 Å². The minimum atomic E-state index is -4.98. The number of nitrogens with zero attached hydrogens (tertiary/aromatic N) is 6. The smallest absolute Gasteiger partial charge is 0.416 e. The fourth-order valence-electron chi connectivity index (χ4n) is 6.98. The van der Waals surface area contributed by atoms with E-state index < -0.39 is 41.4 Å². The quantitative estimate of drug-likeness (QED) is 0.276. The van der Waals surface area contributed by atoms with Crippen LogP contribution in [0.15, 0.2) is 30.3 Å². The summed E-state index contributed by atoms with van der Waals surface area (Å²) in [5.74, 6) is -1.22. The molecular weight excluding hydrogens is 602 g/mol. The van der Waals surface area contributed by atoms with E-state index in [4.69, 9.17) is 0 Å². The first-order chi connectivity index (χ1) is 21.1. The number of aryl methyl sites for hydroxylation is 3. The minimum Gasteiger partial charge on any atom is -0.481 e. The van der Waals surface area contributed by atoms with Crippen molar-refractivity contribution in [1.82, 2.24) is 20.2 Å². The summed E-state index contributed by atoms with van der Waals surface area (Å²) in [7, 11) is 1.53. The van der Waals surface area contributed by atoms with E-state index in [0.29, 0.717) is 32.4 Å². The van der Waals surface area contributed by atoms with Crippen LogP contribution >= 0.6 is 0 Å². The second kappa shape index (κ2) is 12.5. The number of hydrogen-bond donors (Lipinski definition) is 1. The fourth-order valence-corrected chi connectivity index (χ4v) is 6.98. The third-order valence-electron chi connectivity index (χ3n) is 8.87. The average molecular weight is 639 g/mol. The second-order valence-corrected chi connectivity index (χ2v) is 12.2. The Morgan fingerprint density at radius 2 is 1.62 bits per heavy atom. The molecule has 3 aromatic rings. The maximum atomic E-state index is 13.7. The number of alkyl halides is 6. The van der Waals surface area contributed by atoms with Gasteiger partial charge in [0.05, 0.1) is 30.1 Å². The van der Waals surface area contributed by atoms with E-state index in [9.17, 15) is 36.2 Å². The normalized spacial score (nSPS) is 20.9. The topological polar surface area (TPSA) is 87.4 Å². The van der Waals surface area contributed by atoms with Crippen LogP contribution in [0.1, 0.15) is 77.9 Å². The number of rotatable bonds is 7. The number of fused-ring (bicyclic) bond motifs is 1. The summed E-state index contributed by atoms with van der Waals surface area (Å²) in [4.78, 5) is 17.1. The van der Waals surface area contributed by atoms with E-state index in [1.54, 1.807) is 4.90 Å². The Morgan fingerprint density at radius 1 is 0.956 bits per heavy atom. The molecular formula is C31H36F6N6O2. The predicted molar refractivity (Wildman–Crippen MR) is 155 cm³/mol. The molecule has 0 amide bonds. The minimum absolute atomic E-state index is 0.0509. The van der Waals surface area contributed by atoms with Gasteiger partial charge in [0.2, 0.25) is 0 Å². The van der Waals surface area contributed by atoms with Crippen molar-refractivity contribution in [3.8, 4) is 0 Å². The van der Waals surface area contributed by atoms with Gasteiger partial charge in [-0.05, 0) is 85.6 Å². The molecule has 1 fully saturated rings. The van der Waals surface area contributed by atoms with Gasteiger partial charge in [0.25, 0.3) is 5.95 Å². The summed E-state index contributed by atoms with van der Waals surface area (Å²) in [6, 6.07) is 5.08. The van der Waals surface area contributed by atoms with Gasteiger partial charge in [-0.25, -0.2) is 0 Å². The molecule has 0 saturated heterocycles. The van der Waals surface area contributed by atoms with Crippen LogP contribution in [-0.2, 0) is 30.7 Å². The van der Waals surface area contributed by atoms with Crippen molar-refractivity contribution in [2.75, 3.05) is 22.9 Å². The highest BCUT2D eigenvalue weighted by molar-refractivity contribution is 5.71. The van der Waals surface area contributed by atoms with Crippen LogP contribution in [0.2, 0.25) is 0 Å². The maximum absolute atomic E-state index is 13.7. The molecule has 1 aliphatic carbocycles. The summed E-state index contributed by atoms with van der Waals surface area (Å²) >= 11 is 0. The Bertz CT molecular complexity index is 1510. The summed E-state index contributed by atoms with van der Waals surface area (Å²) in [5, 5.41) is 22.3. The Balaban J connectivity index is 1.60. The lowest BCUT2D eigenvalue weighted by Gasteiger charge is -2.37. The molecule has 1 N–H and O–H groups in total. The van der Waals surface area contributed by atoms with Gasteiger partial charge in [0.1, 0.15) is 0 Å². The fraction of sp³-hybridized carbons (Fsp3) is 0.548. The highest BCUT2D eigenvalue weighted by atomic mass is 19.4. The number of carboxylic acids is 1. The Morgan fingerprint density at radius 3 is 2.22 bits per heavy atom. The molecule has 14 heteroatoms. The lowest BCUT2D eigenvalue weighted by Crippen LogP contribution is -2.38. The van der Waals surface area contributed by atoms with E-state index in [1.165, 1.54) is 11.8 Å².